The molecule has 1 atom stereocenters. The lowest BCUT2D eigenvalue weighted by Gasteiger charge is -2.35. The van der Waals surface area contributed by atoms with E-state index in [2.05, 4.69) is 25.4 Å². The number of pyridine rings is 2. The predicted molar refractivity (Wildman–Crippen MR) is 102 cm³/mol. The van der Waals surface area contributed by atoms with Crippen LogP contribution in [0.1, 0.15) is 36.8 Å². The van der Waals surface area contributed by atoms with E-state index in [1.54, 1.807) is 18.6 Å². The predicted octanol–water partition coefficient (Wildman–Crippen LogP) is 3.01. The summed E-state index contributed by atoms with van der Waals surface area (Å²) < 4.78 is 5.27. The number of amides is 2. The van der Waals surface area contributed by atoms with Crippen molar-refractivity contribution < 1.29 is 9.32 Å². The lowest BCUT2D eigenvalue weighted by molar-refractivity contribution is 0.151. The minimum Gasteiger partial charge on any atom is -0.339 e. The molecule has 3 aromatic rings. The van der Waals surface area contributed by atoms with E-state index in [1.807, 2.05) is 35.4 Å². The van der Waals surface area contributed by atoms with E-state index in [0.29, 0.717) is 24.7 Å². The van der Waals surface area contributed by atoms with Gasteiger partial charge in [0.05, 0.1) is 6.04 Å². The summed E-state index contributed by atoms with van der Waals surface area (Å²) in [5.41, 5.74) is 1.88. The number of hydrogen-bond donors (Lipinski definition) is 1. The van der Waals surface area contributed by atoms with Crippen LogP contribution in [-0.2, 0) is 6.42 Å². The summed E-state index contributed by atoms with van der Waals surface area (Å²) >= 11 is 0. The van der Waals surface area contributed by atoms with Crippen molar-refractivity contribution in [1.29, 1.82) is 0 Å². The van der Waals surface area contributed by atoms with Gasteiger partial charge in [-0.25, -0.2) is 4.79 Å². The van der Waals surface area contributed by atoms with Crippen molar-refractivity contribution in [3.8, 4) is 11.4 Å². The molecule has 4 heterocycles. The van der Waals surface area contributed by atoms with Gasteiger partial charge in [-0.05, 0) is 43.0 Å². The fraction of sp³-hybridized carbons (Fsp3) is 0.350. The molecule has 0 radical (unpaired) electrons. The minimum atomic E-state index is -0.0689. The molecule has 1 N–H and O–H groups in total. The Bertz CT molecular complexity index is 899. The number of nitrogens with one attached hydrogen (secondary N) is 1. The Morgan fingerprint density at radius 2 is 2.04 bits per heavy atom. The molecule has 8 nitrogen and oxygen atoms in total. The Morgan fingerprint density at radius 3 is 2.82 bits per heavy atom. The molecule has 28 heavy (non-hydrogen) atoms. The van der Waals surface area contributed by atoms with Crippen molar-refractivity contribution in [3.63, 3.8) is 0 Å². The molecule has 0 bridgehead atoms. The standard InChI is InChI=1S/C20H22N6O2/c27-20(26-12-2-1-7-17(26)15-5-3-9-21-13-15)23-11-8-18-24-19(25-28-18)16-6-4-10-22-14-16/h3-6,9-10,13-14,17H,1-2,7-8,11-12H2,(H,23,27). The van der Waals surface area contributed by atoms with E-state index in [-0.39, 0.29) is 12.1 Å². The Labute approximate surface area is 163 Å². The lowest BCUT2D eigenvalue weighted by Crippen LogP contribution is -2.45. The van der Waals surface area contributed by atoms with Crippen LogP contribution in [0.25, 0.3) is 11.4 Å². The van der Waals surface area contributed by atoms with E-state index in [9.17, 15) is 4.79 Å². The van der Waals surface area contributed by atoms with E-state index in [0.717, 1.165) is 36.9 Å². The van der Waals surface area contributed by atoms with Crippen LogP contribution in [0.3, 0.4) is 0 Å². The lowest BCUT2D eigenvalue weighted by atomic mass is 9.97. The molecule has 0 aliphatic carbocycles. The van der Waals surface area contributed by atoms with Crippen molar-refractivity contribution in [2.24, 2.45) is 0 Å². The summed E-state index contributed by atoms with van der Waals surface area (Å²) in [5.74, 6) is 0.990. The molecule has 8 heteroatoms. The van der Waals surface area contributed by atoms with E-state index < -0.39 is 0 Å². The molecule has 0 spiro atoms. The molecule has 144 valence electrons. The molecule has 0 aromatic carbocycles. The molecule has 2 amide bonds. The normalized spacial score (nSPS) is 16.7. The highest BCUT2D eigenvalue weighted by atomic mass is 16.5. The Kier molecular flexibility index (Phi) is 5.56. The van der Waals surface area contributed by atoms with Gasteiger partial charge in [0, 0.05) is 49.9 Å². The molecule has 1 unspecified atom stereocenters. The van der Waals surface area contributed by atoms with E-state index >= 15 is 0 Å². The van der Waals surface area contributed by atoms with Gasteiger partial charge in [-0.15, -0.1) is 0 Å². The number of aromatic nitrogens is 4. The molecule has 1 fully saturated rings. The highest BCUT2D eigenvalue weighted by Crippen LogP contribution is 2.30. The zero-order chi connectivity index (χ0) is 19.2. The molecule has 4 rings (SSSR count). The second-order valence-corrected chi connectivity index (χ2v) is 6.73. The van der Waals surface area contributed by atoms with Crippen LogP contribution in [0.5, 0.6) is 0 Å². The average Bonchev–Trinajstić information content (AvgIpc) is 3.24. The third kappa shape index (κ3) is 4.16. The van der Waals surface area contributed by atoms with E-state index in [4.69, 9.17) is 4.52 Å². The number of hydrogen-bond acceptors (Lipinski definition) is 6. The van der Waals surface area contributed by atoms with E-state index in [1.165, 1.54) is 0 Å². The van der Waals surface area contributed by atoms with Crippen LogP contribution >= 0.6 is 0 Å². The van der Waals surface area contributed by atoms with Gasteiger partial charge < -0.3 is 14.7 Å². The van der Waals surface area contributed by atoms with Gasteiger partial charge in [0.1, 0.15) is 0 Å². The van der Waals surface area contributed by atoms with Crippen molar-refractivity contribution >= 4 is 6.03 Å². The number of likely N-dealkylation sites (tertiary alicyclic amines) is 1. The summed E-state index contributed by atoms with van der Waals surface area (Å²) in [7, 11) is 0. The fourth-order valence-corrected chi connectivity index (χ4v) is 3.44. The van der Waals surface area contributed by atoms with Crippen LogP contribution in [0.4, 0.5) is 4.79 Å². The van der Waals surface area contributed by atoms with Crippen LogP contribution in [0, 0.1) is 0 Å². The SMILES string of the molecule is O=C(NCCc1nc(-c2cccnc2)no1)N1CCCCC1c1cccnc1. The summed E-state index contributed by atoms with van der Waals surface area (Å²) in [4.78, 5) is 27.2. The van der Waals surface area contributed by atoms with Crippen molar-refractivity contribution in [3.05, 3.63) is 60.5 Å². The third-order valence-corrected chi connectivity index (χ3v) is 4.84. The highest BCUT2D eigenvalue weighted by molar-refractivity contribution is 5.74. The summed E-state index contributed by atoms with van der Waals surface area (Å²) in [6, 6.07) is 7.64. The Balaban J connectivity index is 1.33. The molecule has 3 aromatic heterocycles. The van der Waals surface area contributed by atoms with Gasteiger partial charge in [0.25, 0.3) is 0 Å². The molecule has 1 aliphatic rings. The quantitative estimate of drug-likeness (QED) is 0.733. The first kappa shape index (κ1) is 18.1. The second kappa shape index (κ2) is 8.60. The largest absolute Gasteiger partial charge is 0.339 e. The number of carbonyl (C=O) groups is 1. The molecule has 1 aliphatic heterocycles. The summed E-state index contributed by atoms with van der Waals surface area (Å²) in [6.45, 7) is 1.18. The average molecular weight is 378 g/mol. The van der Waals surface area contributed by atoms with Crippen molar-refractivity contribution in [2.75, 3.05) is 13.1 Å². The van der Waals surface area contributed by atoms with Crippen LogP contribution in [0.2, 0.25) is 0 Å². The number of rotatable bonds is 5. The maximum Gasteiger partial charge on any atom is 0.317 e. The third-order valence-electron chi connectivity index (χ3n) is 4.84. The van der Waals surface area contributed by atoms with Gasteiger partial charge in [0.15, 0.2) is 0 Å². The zero-order valence-corrected chi connectivity index (χ0v) is 15.5. The number of urea groups is 1. The zero-order valence-electron chi connectivity index (χ0n) is 15.5. The van der Waals surface area contributed by atoms with Crippen molar-refractivity contribution in [1.82, 2.24) is 30.3 Å². The molecule has 0 saturated carbocycles. The van der Waals surface area contributed by atoms with Crippen molar-refractivity contribution in [2.45, 2.75) is 31.7 Å². The highest BCUT2D eigenvalue weighted by Gasteiger charge is 2.27. The van der Waals surface area contributed by atoms with Crippen LogP contribution in [0.15, 0.2) is 53.6 Å². The molecule has 1 saturated heterocycles. The van der Waals surface area contributed by atoms with Crippen LogP contribution < -0.4 is 5.32 Å². The fourth-order valence-electron chi connectivity index (χ4n) is 3.44. The first-order valence-electron chi connectivity index (χ1n) is 9.48. The summed E-state index contributed by atoms with van der Waals surface area (Å²) in [6.07, 6.45) is 10.5. The first-order chi connectivity index (χ1) is 13.8. The van der Waals surface area contributed by atoms with Gasteiger partial charge in [-0.1, -0.05) is 11.2 Å². The Hall–Kier alpha value is -3.29. The number of nitrogens with zero attached hydrogens (tertiary/aromatic N) is 5. The second-order valence-electron chi connectivity index (χ2n) is 6.73. The molecular weight excluding hydrogens is 356 g/mol. The molecular formula is C20H22N6O2. The van der Waals surface area contributed by atoms with Gasteiger partial charge in [0.2, 0.25) is 11.7 Å². The van der Waals surface area contributed by atoms with Gasteiger partial charge >= 0.3 is 6.03 Å². The Morgan fingerprint density at radius 1 is 1.18 bits per heavy atom. The number of carbonyl (C=O) groups excluding carboxylic acids is 1. The first-order valence-corrected chi connectivity index (χ1v) is 9.48. The van der Waals surface area contributed by atoms with Gasteiger partial charge in [-0.3, -0.25) is 9.97 Å². The number of piperidine rings is 1. The smallest absolute Gasteiger partial charge is 0.317 e. The topological polar surface area (TPSA) is 97.0 Å². The minimum absolute atomic E-state index is 0.0689. The van der Waals surface area contributed by atoms with Gasteiger partial charge in [-0.2, -0.15) is 4.98 Å². The maximum atomic E-state index is 12.7. The van der Waals surface area contributed by atoms with Crippen LogP contribution in [-0.4, -0.2) is 44.1 Å². The maximum absolute atomic E-state index is 12.7. The monoisotopic (exact) mass is 378 g/mol. The summed E-state index contributed by atoms with van der Waals surface area (Å²) in [5, 5.41) is 6.95.